The van der Waals surface area contributed by atoms with E-state index < -0.39 is 5.67 Å². The van der Waals surface area contributed by atoms with Crippen molar-refractivity contribution < 1.29 is 9.18 Å². The number of thiazole rings is 1. The fraction of sp³-hybridized carbons (Fsp3) is 0.421. The number of fused-ring (bicyclic) bond motifs is 1. The van der Waals surface area contributed by atoms with Crippen LogP contribution in [0.4, 0.5) is 4.39 Å². The molecular formula is C19H19FN4OS2. The summed E-state index contributed by atoms with van der Waals surface area (Å²) in [5.41, 5.74) is 0.258. The van der Waals surface area contributed by atoms with Crippen LogP contribution in [-0.4, -0.2) is 38.6 Å². The Morgan fingerprint density at radius 1 is 1.37 bits per heavy atom. The lowest BCUT2D eigenvalue weighted by Crippen LogP contribution is -2.46. The number of aromatic amines is 1. The first kappa shape index (κ1) is 17.1. The number of carbonyl (C=O) groups excluding carboxylic acids is 1. The second-order valence-electron chi connectivity index (χ2n) is 7.37. The highest BCUT2D eigenvalue weighted by molar-refractivity contribution is 7.13. The highest BCUT2D eigenvalue weighted by atomic mass is 32.1. The first-order valence-corrected chi connectivity index (χ1v) is 10.9. The van der Waals surface area contributed by atoms with E-state index in [4.69, 9.17) is 0 Å². The van der Waals surface area contributed by atoms with Crippen LogP contribution in [0.5, 0.6) is 0 Å². The molecule has 5 nitrogen and oxygen atoms in total. The van der Waals surface area contributed by atoms with E-state index in [0.29, 0.717) is 30.0 Å². The molecule has 3 unspecified atom stereocenters. The Kier molecular flexibility index (Phi) is 4.12. The first-order valence-electron chi connectivity index (χ1n) is 9.11. The van der Waals surface area contributed by atoms with E-state index in [-0.39, 0.29) is 17.9 Å². The maximum atomic E-state index is 15.6. The van der Waals surface area contributed by atoms with Crippen LogP contribution in [-0.2, 0) is 5.67 Å². The number of likely N-dealkylation sites (tertiary alicyclic amines) is 1. The van der Waals surface area contributed by atoms with Crippen LogP contribution in [0.2, 0.25) is 0 Å². The topological polar surface area (TPSA) is 61.9 Å². The monoisotopic (exact) mass is 402 g/mol. The fourth-order valence-electron chi connectivity index (χ4n) is 4.50. The minimum Gasteiger partial charge on any atom is -0.335 e. The van der Waals surface area contributed by atoms with Gasteiger partial charge in [-0.3, -0.25) is 9.89 Å². The molecule has 0 radical (unpaired) electrons. The van der Waals surface area contributed by atoms with Crippen molar-refractivity contribution in [3.8, 4) is 10.4 Å². The summed E-state index contributed by atoms with van der Waals surface area (Å²) >= 11 is 2.91. The summed E-state index contributed by atoms with van der Waals surface area (Å²) in [6.07, 6.45) is 7.97. The fourth-order valence-corrected chi connectivity index (χ4v) is 6.12. The summed E-state index contributed by atoms with van der Waals surface area (Å²) in [5.74, 6) is 0.225. The molecule has 2 fully saturated rings. The summed E-state index contributed by atoms with van der Waals surface area (Å²) in [6.45, 7) is 0.699. The van der Waals surface area contributed by atoms with Crippen molar-refractivity contribution in [2.24, 2.45) is 5.92 Å². The number of halogens is 1. The summed E-state index contributed by atoms with van der Waals surface area (Å²) in [6, 6.07) is 1.87. The number of aromatic nitrogens is 3. The quantitative estimate of drug-likeness (QED) is 0.703. The molecule has 0 bridgehead atoms. The largest absolute Gasteiger partial charge is 0.335 e. The number of hydrogen-bond donors (Lipinski definition) is 1. The lowest BCUT2D eigenvalue weighted by molar-refractivity contribution is 0.0539. The number of amides is 1. The molecule has 3 aromatic heterocycles. The molecule has 1 aliphatic heterocycles. The van der Waals surface area contributed by atoms with E-state index in [9.17, 15) is 4.79 Å². The summed E-state index contributed by atoms with van der Waals surface area (Å²) in [5, 5.41) is 11.0. The van der Waals surface area contributed by atoms with Crippen LogP contribution in [0.15, 0.2) is 35.4 Å². The molecule has 1 amide bonds. The van der Waals surface area contributed by atoms with Crippen LogP contribution in [0.1, 0.15) is 41.0 Å². The third-order valence-corrected chi connectivity index (χ3v) is 7.67. The Labute approximate surface area is 164 Å². The maximum absolute atomic E-state index is 15.6. The molecule has 140 valence electrons. The van der Waals surface area contributed by atoms with Gasteiger partial charge in [0.05, 0.1) is 11.8 Å². The number of piperidine rings is 1. The van der Waals surface area contributed by atoms with Crippen LogP contribution < -0.4 is 0 Å². The third-order valence-electron chi connectivity index (χ3n) is 5.74. The molecule has 27 heavy (non-hydrogen) atoms. The second kappa shape index (κ2) is 6.53. The van der Waals surface area contributed by atoms with Gasteiger partial charge in [-0.1, -0.05) is 0 Å². The van der Waals surface area contributed by atoms with Crippen molar-refractivity contribution in [2.75, 3.05) is 6.54 Å². The molecule has 4 heterocycles. The molecule has 8 heteroatoms. The zero-order chi connectivity index (χ0) is 18.4. The van der Waals surface area contributed by atoms with Crippen molar-refractivity contribution in [1.29, 1.82) is 0 Å². The zero-order valence-corrected chi connectivity index (χ0v) is 16.2. The van der Waals surface area contributed by atoms with E-state index in [1.807, 2.05) is 27.9 Å². The molecular weight excluding hydrogens is 383 g/mol. The van der Waals surface area contributed by atoms with E-state index in [0.717, 1.165) is 23.3 Å². The molecule has 0 spiro atoms. The van der Waals surface area contributed by atoms with E-state index in [2.05, 4.69) is 15.2 Å². The van der Waals surface area contributed by atoms with Gasteiger partial charge < -0.3 is 4.90 Å². The average Bonchev–Trinajstić information content (AvgIpc) is 3.47. The molecule has 5 rings (SSSR count). The highest BCUT2D eigenvalue weighted by Crippen LogP contribution is 2.51. The number of alkyl halides is 1. The average molecular weight is 403 g/mol. The van der Waals surface area contributed by atoms with Gasteiger partial charge in [-0.05, 0) is 31.2 Å². The van der Waals surface area contributed by atoms with Gasteiger partial charge in [-0.2, -0.15) is 5.10 Å². The predicted octanol–water partition coefficient (Wildman–Crippen LogP) is 4.47. The van der Waals surface area contributed by atoms with Gasteiger partial charge in [0.15, 0.2) is 5.67 Å². The highest BCUT2D eigenvalue weighted by Gasteiger charge is 2.52. The number of hydrogen-bond acceptors (Lipinski definition) is 5. The minimum atomic E-state index is -1.40. The van der Waals surface area contributed by atoms with Gasteiger partial charge in [0, 0.05) is 52.6 Å². The van der Waals surface area contributed by atoms with Crippen LogP contribution in [0.25, 0.3) is 10.4 Å². The molecule has 1 saturated carbocycles. The maximum Gasteiger partial charge on any atom is 0.254 e. The zero-order valence-electron chi connectivity index (χ0n) is 14.6. The Morgan fingerprint density at radius 2 is 2.30 bits per heavy atom. The van der Waals surface area contributed by atoms with E-state index in [1.54, 1.807) is 12.4 Å². The first-order chi connectivity index (χ1) is 13.1. The van der Waals surface area contributed by atoms with Crippen molar-refractivity contribution in [2.45, 2.75) is 37.4 Å². The van der Waals surface area contributed by atoms with Crippen molar-refractivity contribution in [3.05, 3.63) is 46.0 Å². The molecule has 1 aliphatic carbocycles. The Balaban J connectivity index is 1.39. The minimum absolute atomic E-state index is 0.0130. The number of nitrogens with one attached hydrogen (secondary N) is 1. The SMILES string of the molecule is O=C(c1csc(-c2cn[nH]c2)c1)N1CCCC2CC(F)(c3nccs3)CC21. The number of carbonyl (C=O) groups is 1. The van der Waals surface area contributed by atoms with E-state index >= 15 is 4.39 Å². The van der Waals surface area contributed by atoms with Gasteiger partial charge >= 0.3 is 0 Å². The van der Waals surface area contributed by atoms with Crippen LogP contribution >= 0.6 is 22.7 Å². The molecule has 1 saturated heterocycles. The Bertz CT molecular complexity index is 939. The van der Waals surface area contributed by atoms with E-state index in [1.165, 1.54) is 22.7 Å². The lowest BCUT2D eigenvalue weighted by Gasteiger charge is -2.37. The molecule has 0 aromatic carbocycles. The number of nitrogens with zero attached hydrogens (tertiary/aromatic N) is 3. The predicted molar refractivity (Wildman–Crippen MR) is 104 cm³/mol. The van der Waals surface area contributed by atoms with Gasteiger partial charge in [-0.15, -0.1) is 22.7 Å². The van der Waals surface area contributed by atoms with Crippen molar-refractivity contribution in [3.63, 3.8) is 0 Å². The van der Waals surface area contributed by atoms with Crippen LogP contribution in [0.3, 0.4) is 0 Å². The second-order valence-corrected chi connectivity index (χ2v) is 9.17. The number of rotatable bonds is 3. The number of H-pyrrole nitrogens is 1. The smallest absolute Gasteiger partial charge is 0.254 e. The molecule has 3 atom stereocenters. The van der Waals surface area contributed by atoms with Gasteiger partial charge in [0.1, 0.15) is 5.01 Å². The molecule has 1 N–H and O–H groups in total. The Hall–Kier alpha value is -2.06. The number of thiophene rings is 1. The summed E-state index contributed by atoms with van der Waals surface area (Å²) in [7, 11) is 0. The van der Waals surface area contributed by atoms with Gasteiger partial charge in [-0.25, -0.2) is 9.37 Å². The van der Waals surface area contributed by atoms with Crippen LogP contribution in [0, 0.1) is 5.92 Å². The van der Waals surface area contributed by atoms with Gasteiger partial charge in [0.25, 0.3) is 5.91 Å². The van der Waals surface area contributed by atoms with Gasteiger partial charge in [0.2, 0.25) is 0 Å². The molecule has 3 aromatic rings. The third kappa shape index (κ3) is 2.91. The molecule has 2 aliphatic rings. The Morgan fingerprint density at radius 3 is 3.07 bits per heavy atom. The summed E-state index contributed by atoms with van der Waals surface area (Å²) < 4.78 is 15.6. The lowest BCUT2D eigenvalue weighted by atomic mass is 9.91. The van der Waals surface area contributed by atoms with Crippen molar-refractivity contribution >= 4 is 28.6 Å². The van der Waals surface area contributed by atoms with Crippen molar-refractivity contribution in [1.82, 2.24) is 20.1 Å². The summed E-state index contributed by atoms with van der Waals surface area (Å²) in [4.78, 5) is 20.3. The normalized spacial score (nSPS) is 27.7. The standard InChI is InChI=1S/C19H19FN4OS2/c20-19(18-21-3-5-26-18)7-12-2-1-4-24(15(12)8-19)17(25)13-6-16(27-11-13)14-9-22-23-10-14/h3,5-6,9-12,15H,1-2,4,7-8H2,(H,22,23).